The molecule has 12 heavy (non-hydrogen) atoms. The van der Waals surface area contributed by atoms with Crippen molar-refractivity contribution in [3.63, 3.8) is 0 Å². The van der Waals surface area contributed by atoms with Crippen molar-refractivity contribution in [1.29, 1.82) is 0 Å². The number of carbonyl (C=O) groups is 2. The predicted octanol–water partition coefficient (Wildman–Crippen LogP) is 0.153. The van der Waals surface area contributed by atoms with Crippen LogP contribution >= 0.6 is 0 Å². The molecule has 0 radical (unpaired) electrons. The fourth-order valence-corrected chi connectivity index (χ4v) is 0.686. The third-order valence-corrected chi connectivity index (χ3v) is 1.28. The fraction of sp³-hybridized carbons (Fsp3) is 0.143. The van der Waals surface area contributed by atoms with E-state index in [-0.39, 0.29) is 11.3 Å². The summed E-state index contributed by atoms with van der Waals surface area (Å²) < 4.78 is 4.52. The molecule has 0 atom stereocenters. The van der Waals surface area contributed by atoms with Crippen LogP contribution < -0.4 is 0 Å². The Morgan fingerprint density at radius 2 is 2.17 bits per heavy atom. The minimum Gasteiger partial charge on any atom is -0.475 e. The minimum absolute atomic E-state index is 0.0647. The maximum atomic E-state index is 10.7. The van der Waals surface area contributed by atoms with E-state index in [4.69, 9.17) is 10.2 Å². The smallest absolute Gasteiger partial charge is 0.371 e. The van der Waals surface area contributed by atoms with Gasteiger partial charge in [0.05, 0.1) is 5.56 Å². The largest absolute Gasteiger partial charge is 0.475 e. The van der Waals surface area contributed by atoms with Crippen LogP contribution in [0.3, 0.4) is 0 Å². The van der Waals surface area contributed by atoms with E-state index in [0.717, 1.165) is 12.3 Å². The van der Waals surface area contributed by atoms with Crippen LogP contribution in [0.5, 0.6) is 0 Å². The lowest BCUT2D eigenvalue weighted by Gasteiger charge is -1.85. The van der Waals surface area contributed by atoms with Crippen LogP contribution in [0.2, 0.25) is 0 Å². The van der Waals surface area contributed by atoms with Gasteiger partial charge in [-0.15, -0.1) is 0 Å². The topological polar surface area (TPSA) is 87.7 Å². The monoisotopic (exact) mass is 170 g/mol. The zero-order valence-electron chi connectivity index (χ0n) is 5.98. The first-order valence-electron chi connectivity index (χ1n) is 3.11. The Hall–Kier alpha value is -1.62. The van der Waals surface area contributed by atoms with Crippen LogP contribution in [0.15, 0.2) is 16.7 Å². The van der Waals surface area contributed by atoms with Crippen molar-refractivity contribution in [3.8, 4) is 0 Å². The highest BCUT2D eigenvalue weighted by atomic mass is 16.4. The molecule has 0 aliphatic carbocycles. The highest BCUT2D eigenvalue weighted by Gasteiger charge is 2.12. The number of rotatable bonds is 3. The summed E-state index contributed by atoms with van der Waals surface area (Å²) in [6.07, 6.45) is 1.00. The number of carboxylic acid groups (broad SMARTS) is 1. The standard InChI is InChI=1S/C7H6O5/c8-2-5(9)4-1-6(7(10)11)12-3-4/h1,3,8H,2H2,(H,10,11). The van der Waals surface area contributed by atoms with Gasteiger partial charge >= 0.3 is 5.97 Å². The van der Waals surface area contributed by atoms with E-state index in [0.29, 0.717) is 0 Å². The second-order valence-electron chi connectivity index (χ2n) is 2.09. The van der Waals surface area contributed by atoms with Crippen LogP contribution in [-0.2, 0) is 0 Å². The molecule has 0 saturated heterocycles. The van der Waals surface area contributed by atoms with E-state index >= 15 is 0 Å². The summed E-state index contributed by atoms with van der Waals surface area (Å²) in [5, 5.41) is 16.8. The first kappa shape index (κ1) is 8.48. The molecule has 1 rings (SSSR count). The first-order valence-corrected chi connectivity index (χ1v) is 3.11. The number of Topliss-reactive ketones (excluding diaryl/α,β-unsaturated/α-hetero) is 1. The molecule has 0 fully saturated rings. The molecule has 1 aromatic heterocycles. The van der Waals surface area contributed by atoms with Crippen molar-refractivity contribution in [3.05, 3.63) is 23.7 Å². The second-order valence-corrected chi connectivity index (χ2v) is 2.09. The number of hydrogen-bond acceptors (Lipinski definition) is 4. The summed E-state index contributed by atoms with van der Waals surface area (Å²) in [4.78, 5) is 21.0. The SMILES string of the molecule is O=C(CO)c1coc(C(=O)O)c1. The van der Waals surface area contributed by atoms with Gasteiger partial charge in [0.1, 0.15) is 12.9 Å². The summed E-state index contributed by atoms with van der Waals surface area (Å²) in [5.41, 5.74) is 0.0647. The molecule has 0 bridgehead atoms. The highest BCUT2D eigenvalue weighted by Crippen LogP contribution is 2.07. The van der Waals surface area contributed by atoms with Gasteiger partial charge in [0.25, 0.3) is 0 Å². The highest BCUT2D eigenvalue weighted by molar-refractivity contribution is 5.98. The Bertz CT molecular complexity index is 311. The van der Waals surface area contributed by atoms with Crippen LogP contribution in [0, 0.1) is 0 Å². The molecule has 0 aromatic carbocycles. The van der Waals surface area contributed by atoms with Crippen molar-refractivity contribution in [2.24, 2.45) is 0 Å². The number of aromatic carboxylic acids is 1. The number of aliphatic hydroxyl groups excluding tert-OH is 1. The predicted molar refractivity (Wildman–Crippen MR) is 37.1 cm³/mol. The molecule has 0 saturated carbocycles. The fourth-order valence-electron chi connectivity index (χ4n) is 0.686. The van der Waals surface area contributed by atoms with Crippen LogP contribution in [0.25, 0.3) is 0 Å². The van der Waals surface area contributed by atoms with E-state index in [1.165, 1.54) is 0 Å². The molecule has 64 valence electrons. The number of carbonyl (C=O) groups excluding carboxylic acids is 1. The zero-order chi connectivity index (χ0) is 9.14. The number of furan rings is 1. The lowest BCUT2D eigenvalue weighted by atomic mass is 10.2. The van der Waals surface area contributed by atoms with Crippen molar-refractivity contribution in [2.45, 2.75) is 0 Å². The molecule has 5 nitrogen and oxygen atoms in total. The Balaban J connectivity index is 2.91. The lowest BCUT2D eigenvalue weighted by molar-refractivity contribution is 0.0662. The lowest BCUT2D eigenvalue weighted by Crippen LogP contribution is -2.02. The summed E-state index contributed by atoms with van der Waals surface area (Å²) in [6, 6.07) is 1.07. The molecular formula is C7H6O5. The molecule has 1 aromatic rings. The van der Waals surface area contributed by atoms with Gasteiger partial charge < -0.3 is 14.6 Å². The third kappa shape index (κ3) is 1.51. The quantitative estimate of drug-likeness (QED) is 0.630. The second kappa shape index (κ2) is 3.19. The van der Waals surface area contributed by atoms with Gasteiger partial charge in [0.2, 0.25) is 5.76 Å². The first-order chi connectivity index (χ1) is 5.65. The number of aliphatic hydroxyl groups is 1. The summed E-state index contributed by atoms with van der Waals surface area (Å²) >= 11 is 0. The molecule has 1 heterocycles. The van der Waals surface area contributed by atoms with Crippen LogP contribution in [-0.4, -0.2) is 28.6 Å². The maximum absolute atomic E-state index is 10.7. The Morgan fingerprint density at radius 1 is 1.50 bits per heavy atom. The van der Waals surface area contributed by atoms with Crippen LogP contribution in [0.1, 0.15) is 20.9 Å². The number of carboxylic acids is 1. The molecule has 0 spiro atoms. The van der Waals surface area contributed by atoms with Crippen LogP contribution in [0.4, 0.5) is 0 Å². The van der Waals surface area contributed by atoms with Gasteiger partial charge in [-0.05, 0) is 0 Å². The zero-order valence-corrected chi connectivity index (χ0v) is 5.98. The molecule has 0 aliphatic rings. The Kier molecular flexibility index (Phi) is 2.25. The summed E-state index contributed by atoms with van der Waals surface area (Å²) in [6.45, 7) is -0.654. The van der Waals surface area contributed by atoms with E-state index in [9.17, 15) is 9.59 Å². The molecule has 0 aliphatic heterocycles. The normalized spacial score (nSPS) is 9.75. The summed E-state index contributed by atoms with van der Waals surface area (Å²) in [5.74, 6) is -2.12. The Labute approximate surface area is 67.2 Å². The van der Waals surface area contributed by atoms with Crippen molar-refractivity contribution in [1.82, 2.24) is 0 Å². The van der Waals surface area contributed by atoms with Crippen molar-refractivity contribution >= 4 is 11.8 Å². The molecule has 2 N–H and O–H groups in total. The van der Waals surface area contributed by atoms with E-state index in [1.54, 1.807) is 0 Å². The van der Waals surface area contributed by atoms with Gasteiger partial charge in [0, 0.05) is 6.07 Å². The van der Waals surface area contributed by atoms with Gasteiger partial charge in [-0.25, -0.2) is 4.79 Å². The van der Waals surface area contributed by atoms with Crippen molar-refractivity contribution in [2.75, 3.05) is 6.61 Å². The van der Waals surface area contributed by atoms with Gasteiger partial charge in [-0.3, -0.25) is 4.79 Å². The molecular weight excluding hydrogens is 164 g/mol. The number of hydrogen-bond donors (Lipinski definition) is 2. The number of ketones is 1. The summed E-state index contributed by atoms with van der Waals surface area (Å²) in [7, 11) is 0. The maximum Gasteiger partial charge on any atom is 0.371 e. The van der Waals surface area contributed by atoms with E-state index in [2.05, 4.69) is 4.42 Å². The van der Waals surface area contributed by atoms with E-state index in [1.807, 2.05) is 0 Å². The third-order valence-electron chi connectivity index (χ3n) is 1.28. The van der Waals surface area contributed by atoms with Gasteiger partial charge in [-0.2, -0.15) is 0 Å². The minimum atomic E-state index is -1.24. The van der Waals surface area contributed by atoms with Gasteiger partial charge in [0.15, 0.2) is 5.78 Å². The van der Waals surface area contributed by atoms with Crippen molar-refractivity contribution < 1.29 is 24.2 Å². The molecule has 0 amide bonds. The molecule has 0 unspecified atom stereocenters. The average Bonchev–Trinajstić information content (AvgIpc) is 2.51. The average molecular weight is 170 g/mol. The Morgan fingerprint density at radius 3 is 2.58 bits per heavy atom. The van der Waals surface area contributed by atoms with Gasteiger partial charge in [-0.1, -0.05) is 0 Å². The van der Waals surface area contributed by atoms with E-state index < -0.39 is 18.4 Å². The molecule has 5 heteroatoms.